The third-order valence-corrected chi connectivity index (χ3v) is 7.66. The van der Waals surface area contributed by atoms with Crippen molar-refractivity contribution in [3.8, 4) is 0 Å². The van der Waals surface area contributed by atoms with Gasteiger partial charge in [-0.05, 0) is 32.0 Å². The number of fused-ring (bicyclic) bond motifs is 1. The highest BCUT2D eigenvalue weighted by Gasteiger charge is 2.43. The molecule has 2 aliphatic heterocycles. The monoisotopic (exact) mass is 408 g/mol. The SMILES string of the molecule is N[C@@H]1C(C(=O)CN2CCC2)CCN1S(=O)(=O)c1cccc2cncc(Cl)c12. The van der Waals surface area contributed by atoms with Crippen LogP contribution in [-0.2, 0) is 14.8 Å². The van der Waals surface area contributed by atoms with Crippen molar-refractivity contribution in [2.24, 2.45) is 11.7 Å². The molecule has 9 heteroatoms. The number of pyridine rings is 1. The summed E-state index contributed by atoms with van der Waals surface area (Å²) in [6.07, 6.45) is 3.67. The number of carbonyl (C=O) groups excluding carboxylic acids is 1. The molecule has 2 saturated heterocycles. The molecule has 0 saturated carbocycles. The lowest BCUT2D eigenvalue weighted by Crippen LogP contribution is -2.49. The number of sulfonamides is 1. The molecule has 1 aromatic heterocycles. The summed E-state index contributed by atoms with van der Waals surface area (Å²) in [6.45, 7) is 2.40. The molecular formula is C18H21ClN4O3S. The third-order valence-electron chi connectivity index (χ3n) is 5.43. The first-order valence-electron chi connectivity index (χ1n) is 8.94. The van der Waals surface area contributed by atoms with E-state index in [4.69, 9.17) is 17.3 Å². The van der Waals surface area contributed by atoms with Gasteiger partial charge in [-0.25, -0.2) is 8.42 Å². The van der Waals surface area contributed by atoms with Gasteiger partial charge in [-0.3, -0.25) is 14.7 Å². The molecule has 27 heavy (non-hydrogen) atoms. The fraction of sp³-hybridized carbons (Fsp3) is 0.444. The van der Waals surface area contributed by atoms with Crippen LogP contribution in [-0.4, -0.2) is 60.7 Å². The number of likely N-dealkylation sites (tertiary alicyclic amines) is 1. The number of benzene rings is 1. The fourth-order valence-corrected chi connectivity index (χ4v) is 5.92. The highest BCUT2D eigenvalue weighted by molar-refractivity contribution is 7.89. The summed E-state index contributed by atoms with van der Waals surface area (Å²) in [7, 11) is -3.89. The number of hydrogen-bond acceptors (Lipinski definition) is 6. The molecule has 0 spiro atoms. The lowest BCUT2D eigenvalue weighted by Gasteiger charge is -2.31. The lowest BCUT2D eigenvalue weighted by molar-refractivity contribution is -0.125. The first-order valence-corrected chi connectivity index (χ1v) is 10.8. The van der Waals surface area contributed by atoms with Crippen LogP contribution in [0.5, 0.6) is 0 Å². The normalized spacial score (nSPS) is 24.2. The molecular weight excluding hydrogens is 388 g/mol. The molecule has 3 heterocycles. The zero-order valence-electron chi connectivity index (χ0n) is 14.7. The molecule has 7 nitrogen and oxygen atoms in total. The standard InChI is InChI=1S/C18H21ClN4O3S/c19-14-10-21-9-12-3-1-4-16(17(12)14)27(25,26)23-8-5-13(18(23)20)15(24)11-22-6-2-7-22/h1,3-4,9-10,13,18H,2,5-8,11,20H2/t13?,18-/m0/s1. The van der Waals surface area contributed by atoms with E-state index in [2.05, 4.69) is 9.88 Å². The number of rotatable bonds is 5. The largest absolute Gasteiger partial charge is 0.314 e. The van der Waals surface area contributed by atoms with E-state index >= 15 is 0 Å². The Bertz CT molecular complexity index is 988. The molecule has 4 rings (SSSR count). The Labute approximate surface area is 163 Å². The van der Waals surface area contributed by atoms with Gasteiger partial charge in [-0.2, -0.15) is 4.31 Å². The third kappa shape index (κ3) is 3.25. The maximum Gasteiger partial charge on any atom is 0.245 e. The Kier molecular flexibility index (Phi) is 4.94. The molecule has 0 amide bonds. The number of aromatic nitrogens is 1. The number of ketones is 1. The van der Waals surface area contributed by atoms with E-state index in [-0.39, 0.29) is 22.2 Å². The van der Waals surface area contributed by atoms with Gasteiger partial charge >= 0.3 is 0 Å². The van der Waals surface area contributed by atoms with Crippen molar-refractivity contribution in [3.63, 3.8) is 0 Å². The van der Waals surface area contributed by atoms with E-state index in [1.165, 1.54) is 16.6 Å². The maximum absolute atomic E-state index is 13.3. The molecule has 0 aliphatic carbocycles. The second kappa shape index (κ2) is 7.10. The van der Waals surface area contributed by atoms with Crippen LogP contribution in [0.2, 0.25) is 5.02 Å². The van der Waals surface area contributed by atoms with Crippen LogP contribution < -0.4 is 5.73 Å². The second-order valence-corrected chi connectivity index (χ2v) is 9.34. The van der Waals surface area contributed by atoms with Crippen LogP contribution in [0, 0.1) is 5.92 Å². The number of nitrogens with two attached hydrogens (primary N) is 1. The van der Waals surface area contributed by atoms with Crippen LogP contribution in [0.4, 0.5) is 0 Å². The van der Waals surface area contributed by atoms with Gasteiger partial charge in [0.05, 0.1) is 22.6 Å². The lowest BCUT2D eigenvalue weighted by atomic mass is 9.99. The minimum absolute atomic E-state index is 0.0139. The van der Waals surface area contributed by atoms with Crippen LogP contribution in [0.3, 0.4) is 0 Å². The zero-order chi connectivity index (χ0) is 19.2. The molecule has 2 aliphatic rings. The van der Waals surface area contributed by atoms with Crippen LogP contribution >= 0.6 is 11.6 Å². The van der Waals surface area contributed by atoms with Crippen molar-refractivity contribution >= 4 is 38.2 Å². The molecule has 144 valence electrons. The number of carbonyl (C=O) groups is 1. The van der Waals surface area contributed by atoms with E-state index < -0.39 is 22.1 Å². The van der Waals surface area contributed by atoms with Crippen molar-refractivity contribution in [2.45, 2.75) is 23.9 Å². The Morgan fingerprint density at radius 1 is 1.26 bits per heavy atom. The van der Waals surface area contributed by atoms with Crippen LogP contribution in [0.25, 0.3) is 10.8 Å². The van der Waals surface area contributed by atoms with E-state index in [0.717, 1.165) is 19.5 Å². The van der Waals surface area contributed by atoms with Gasteiger partial charge in [0.25, 0.3) is 0 Å². The molecule has 1 unspecified atom stereocenters. The highest BCUT2D eigenvalue weighted by Crippen LogP contribution is 2.34. The first-order chi connectivity index (χ1) is 12.9. The van der Waals surface area contributed by atoms with Gasteiger partial charge in [0.1, 0.15) is 0 Å². The minimum atomic E-state index is -3.89. The van der Waals surface area contributed by atoms with Crippen molar-refractivity contribution in [1.82, 2.24) is 14.2 Å². The van der Waals surface area contributed by atoms with E-state index in [1.54, 1.807) is 18.3 Å². The van der Waals surface area contributed by atoms with E-state index in [0.29, 0.717) is 23.7 Å². The van der Waals surface area contributed by atoms with E-state index in [1.807, 2.05) is 0 Å². The van der Waals surface area contributed by atoms with Crippen molar-refractivity contribution in [1.29, 1.82) is 0 Å². The molecule has 0 bridgehead atoms. The van der Waals surface area contributed by atoms with Crippen LogP contribution in [0.15, 0.2) is 35.5 Å². The first kappa shape index (κ1) is 18.8. The fourth-order valence-electron chi connectivity index (χ4n) is 3.80. The smallest absolute Gasteiger partial charge is 0.245 e. The number of nitrogens with zero attached hydrogens (tertiary/aromatic N) is 3. The molecule has 0 radical (unpaired) electrons. The summed E-state index contributed by atoms with van der Waals surface area (Å²) in [5.74, 6) is -0.465. The predicted octanol–water partition coefficient (Wildman–Crippen LogP) is 1.46. The Morgan fingerprint density at radius 3 is 2.74 bits per heavy atom. The Balaban J connectivity index is 1.64. The summed E-state index contributed by atoms with van der Waals surface area (Å²) in [6, 6.07) is 4.93. The van der Waals surface area contributed by atoms with Crippen molar-refractivity contribution < 1.29 is 13.2 Å². The maximum atomic E-state index is 13.3. The number of halogens is 1. The Hall–Kier alpha value is -1.58. The second-order valence-electron chi connectivity index (χ2n) is 7.07. The zero-order valence-corrected chi connectivity index (χ0v) is 16.3. The molecule has 2 aromatic rings. The average Bonchev–Trinajstić information content (AvgIpc) is 3.00. The summed E-state index contributed by atoms with van der Waals surface area (Å²) >= 11 is 6.23. The quantitative estimate of drug-likeness (QED) is 0.804. The number of hydrogen-bond donors (Lipinski definition) is 1. The average molecular weight is 409 g/mol. The summed E-state index contributed by atoms with van der Waals surface area (Å²) in [5.41, 5.74) is 6.23. The Morgan fingerprint density at radius 2 is 2.04 bits per heavy atom. The topological polar surface area (TPSA) is 96.6 Å². The predicted molar refractivity (Wildman–Crippen MR) is 103 cm³/mol. The van der Waals surface area contributed by atoms with Gasteiger partial charge in [0.15, 0.2) is 5.78 Å². The molecule has 2 fully saturated rings. The highest BCUT2D eigenvalue weighted by atomic mass is 35.5. The van der Waals surface area contributed by atoms with Gasteiger partial charge in [0.2, 0.25) is 10.0 Å². The summed E-state index contributed by atoms with van der Waals surface area (Å²) in [5, 5.41) is 1.34. The summed E-state index contributed by atoms with van der Waals surface area (Å²) < 4.78 is 27.9. The van der Waals surface area contributed by atoms with Gasteiger partial charge in [-0.15, -0.1) is 0 Å². The van der Waals surface area contributed by atoms with Crippen LogP contribution in [0.1, 0.15) is 12.8 Å². The van der Waals surface area contributed by atoms with Gasteiger partial charge in [-0.1, -0.05) is 23.7 Å². The molecule has 2 N–H and O–H groups in total. The summed E-state index contributed by atoms with van der Waals surface area (Å²) in [4.78, 5) is 18.7. The molecule has 2 atom stereocenters. The minimum Gasteiger partial charge on any atom is -0.314 e. The molecule has 1 aromatic carbocycles. The van der Waals surface area contributed by atoms with Crippen molar-refractivity contribution in [3.05, 3.63) is 35.6 Å². The van der Waals surface area contributed by atoms with Crippen molar-refractivity contribution in [2.75, 3.05) is 26.2 Å². The van der Waals surface area contributed by atoms with E-state index in [9.17, 15) is 13.2 Å². The van der Waals surface area contributed by atoms with Gasteiger partial charge in [0, 0.05) is 35.6 Å². The number of Topliss-reactive ketones (excluding diaryl/α,β-unsaturated/α-hetero) is 1. The van der Waals surface area contributed by atoms with Gasteiger partial charge < -0.3 is 5.73 Å².